The van der Waals surface area contributed by atoms with Crippen molar-refractivity contribution in [3.05, 3.63) is 11.8 Å². The van der Waals surface area contributed by atoms with E-state index in [1.54, 1.807) is 46.6 Å². The Morgan fingerprint density at radius 2 is 1.50 bits per heavy atom. The van der Waals surface area contributed by atoms with E-state index in [4.69, 9.17) is 22.5 Å². The van der Waals surface area contributed by atoms with Gasteiger partial charge in [0.1, 0.15) is 23.3 Å². The highest BCUT2D eigenvalue weighted by Gasteiger charge is 2.50. The number of aromatic nitrogens is 2. The number of hydrogen-bond acceptors (Lipinski definition) is 13. The number of alkyl carbamates (subject to hydrolysis) is 2. The molecule has 3 heterocycles. The van der Waals surface area contributed by atoms with Gasteiger partial charge >= 0.3 is 28.6 Å². The lowest BCUT2D eigenvalue weighted by Gasteiger charge is -2.43. The quantitative estimate of drug-likeness (QED) is 0.119. The van der Waals surface area contributed by atoms with E-state index in [0.29, 0.717) is 19.4 Å². The van der Waals surface area contributed by atoms with Crippen LogP contribution in [0.1, 0.15) is 170 Å². The van der Waals surface area contributed by atoms with E-state index in [2.05, 4.69) is 41.6 Å². The first-order valence-electron chi connectivity index (χ1n) is 19.6. The van der Waals surface area contributed by atoms with Gasteiger partial charge < -0.3 is 29.4 Å². The van der Waals surface area contributed by atoms with Crippen molar-refractivity contribution < 1.29 is 45.3 Å². The van der Waals surface area contributed by atoms with Gasteiger partial charge in [0.25, 0.3) is 0 Å². The van der Waals surface area contributed by atoms with Crippen LogP contribution in [-0.2, 0) is 28.4 Å². The van der Waals surface area contributed by atoms with Crippen molar-refractivity contribution in [3.63, 3.8) is 0 Å². The maximum Gasteiger partial charge on any atom is 0.437 e. The molecule has 310 valence electrons. The number of fused-ring (bicyclic) bond motifs is 2. The number of rotatable bonds is 21. The van der Waals surface area contributed by atoms with Crippen molar-refractivity contribution in [1.29, 1.82) is 0 Å². The summed E-state index contributed by atoms with van der Waals surface area (Å²) < 4.78 is 55.4. The summed E-state index contributed by atoms with van der Waals surface area (Å²) in [6.07, 6.45) is 7.83. The average Bonchev–Trinajstić information content (AvgIpc) is 3.64. The summed E-state index contributed by atoms with van der Waals surface area (Å²) >= 11 is 0. The SMILES string of the molecule is CCCCN(OS(=O)(=O)ON1C(=O)N2CC1CC[C@H]2c1nnc(C(CNC(=O)OC(C)(C)C)NC(=O)OC(C)(C)C)o1)C(CCC)(CCCC)CCCC. The minimum atomic E-state index is -4.70. The number of hydroxylamine groups is 4. The number of unbranched alkanes of at least 4 members (excludes halogenated alkanes) is 3. The third-order valence-electron chi connectivity index (χ3n) is 9.21. The second-order valence-corrected chi connectivity index (χ2v) is 17.4. The van der Waals surface area contributed by atoms with Crippen LogP contribution in [0.15, 0.2) is 4.42 Å². The molecule has 1 aromatic rings. The minimum Gasteiger partial charge on any atom is -0.444 e. The highest BCUT2D eigenvalue weighted by molar-refractivity contribution is 7.81. The van der Waals surface area contributed by atoms with Crippen LogP contribution in [-0.4, -0.2) is 94.3 Å². The van der Waals surface area contributed by atoms with E-state index in [1.807, 2.05) is 6.92 Å². The molecule has 18 heteroatoms. The zero-order valence-electron chi connectivity index (χ0n) is 34.1. The number of carbonyl (C=O) groups is 3. The van der Waals surface area contributed by atoms with Crippen molar-refractivity contribution in [2.24, 2.45) is 0 Å². The molecule has 0 spiro atoms. The first-order chi connectivity index (χ1) is 25.3. The maximum atomic E-state index is 13.8. The van der Waals surface area contributed by atoms with E-state index in [0.717, 1.165) is 69.3 Å². The van der Waals surface area contributed by atoms with E-state index >= 15 is 0 Å². The van der Waals surface area contributed by atoms with Crippen LogP contribution in [0.3, 0.4) is 0 Å². The maximum absolute atomic E-state index is 13.8. The number of piperidine rings is 1. The number of ether oxygens (including phenoxy) is 2. The van der Waals surface area contributed by atoms with Gasteiger partial charge in [0, 0.05) is 18.6 Å². The molecule has 4 amide bonds. The number of carbonyl (C=O) groups excluding carboxylic acids is 3. The molecule has 2 fully saturated rings. The normalized spacial score (nSPS) is 18.6. The molecule has 1 aromatic heterocycles. The zero-order valence-corrected chi connectivity index (χ0v) is 34.9. The smallest absolute Gasteiger partial charge is 0.437 e. The van der Waals surface area contributed by atoms with Gasteiger partial charge in [-0.15, -0.1) is 14.5 Å². The van der Waals surface area contributed by atoms with E-state index in [1.165, 1.54) is 4.90 Å². The molecular formula is C36H65N7O10S. The van der Waals surface area contributed by atoms with Crippen LogP contribution in [0, 0.1) is 0 Å². The summed E-state index contributed by atoms with van der Waals surface area (Å²) in [4.78, 5) is 40.3. The molecule has 2 unspecified atom stereocenters. The summed E-state index contributed by atoms with van der Waals surface area (Å²) in [5, 5.41) is 16.1. The molecular weight excluding hydrogens is 723 g/mol. The van der Waals surface area contributed by atoms with Gasteiger partial charge in [0.05, 0.1) is 12.6 Å². The van der Waals surface area contributed by atoms with E-state index in [9.17, 15) is 22.8 Å². The average molecular weight is 788 g/mol. The van der Waals surface area contributed by atoms with Crippen molar-refractivity contribution in [1.82, 2.24) is 35.9 Å². The van der Waals surface area contributed by atoms with Crippen LogP contribution in [0.4, 0.5) is 14.4 Å². The summed E-state index contributed by atoms with van der Waals surface area (Å²) in [7, 11) is -4.70. The molecule has 2 aliphatic rings. The third kappa shape index (κ3) is 13.2. The van der Waals surface area contributed by atoms with E-state index in [-0.39, 0.29) is 24.9 Å². The third-order valence-corrected chi connectivity index (χ3v) is 9.91. The Labute approximate surface area is 321 Å². The van der Waals surface area contributed by atoms with Crippen molar-refractivity contribution in [2.75, 3.05) is 19.6 Å². The van der Waals surface area contributed by atoms with Gasteiger partial charge in [0.15, 0.2) is 0 Å². The Morgan fingerprint density at radius 1 is 0.889 bits per heavy atom. The van der Waals surface area contributed by atoms with Crippen molar-refractivity contribution >= 4 is 28.6 Å². The number of amides is 4. The Morgan fingerprint density at radius 3 is 2.07 bits per heavy atom. The second kappa shape index (κ2) is 19.6. The number of nitrogens with one attached hydrogen (secondary N) is 2. The molecule has 2 aliphatic heterocycles. The summed E-state index contributed by atoms with van der Waals surface area (Å²) in [5.41, 5.74) is -2.04. The topological polar surface area (TPSA) is 195 Å². The van der Waals surface area contributed by atoms with Gasteiger partial charge in [-0.3, -0.25) is 0 Å². The fraction of sp³-hybridized carbons (Fsp3) is 0.861. The highest BCUT2D eigenvalue weighted by atomic mass is 32.3. The molecule has 2 saturated heterocycles. The molecule has 2 N–H and O–H groups in total. The first kappa shape index (κ1) is 45.2. The van der Waals surface area contributed by atoms with Crippen LogP contribution in [0.2, 0.25) is 0 Å². The predicted molar refractivity (Wildman–Crippen MR) is 200 cm³/mol. The fourth-order valence-corrected chi connectivity index (χ4v) is 7.62. The monoisotopic (exact) mass is 787 g/mol. The summed E-state index contributed by atoms with van der Waals surface area (Å²) in [5.74, 6) is 0.0339. The molecule has 0 radical (unpaired) electrons. The Kier molecular flexibility index (Phi) is 16.4. The van der Waals surface area contributed by atoms with Crippen molar-refractivity contribution in [2.45, 2.75) is 181 Å². The highest BCUT2D eigenvalue weighted by Crippen LogP contribution is 2.40. The lowest BCUT2D eigenvalue weighted by atomic mass is 9.82. The van der Waals surface area contributed by atoms with Crippen LogP contribution in [0.25, 0.3) is 0 Å². The predicted octanol–water partition coefficient (Wildman–Crippen LogP) is 7.23. The van der Waals surface area contributed by atoms with Gasteiger partial charge in [-0.05, 0) is 80.1 Å². The van der Waals surface area contributed by atoms with Crippen LogP contribution in [0.5, 0.6) is 0 Å². The molecule has 0 aromatic carbocycles. The second-order valence-electron chi connectivity index (χ2n) is 16.3. The van der Waals surface area contributed by atoms with Gasteiger partial charge in [-0.1, -0.05) is 66.2 Å². The number of urea groups is 1. The van der Waals surface area contributed by atoms with Gasteiger partial charge in [-0.2, -0.15) is 22.8 Å². The van der Waals surface area contributed by atoms with Crippen molar-refractivity contribution in [3.8, 4) is 0 Å². The number of hydrogen-bond donors (Lipinski definition) is 2. The lowest BCUT2D eigenvalue weighted by Crippen LogP contribution is -2.51. The molecule has 3 rings (SSSR count). The van der Waals surface area contributed by atoms with Crippen LogP contribution < -0.4 is 10.6 Å². The van der Waals surface area contributed by atoms with E-state index < -0.39 is 63.5 Å². The standard InChI is InChI=1S/C36H65N7O10S/c1-11-15-21-36(20-14-4,22-16-12-2)42(23-17-13-3)52-54(47,48)53-43-26-18-19-28(41(25-26)33(43)46)30-40-39-29(49-30)27(38-32(45)51-35(8,9)10)24-37-31(44)50-34(5,6)7/h26-28H,11-25H2,1-10H3,(H,37,44)(H,38,45)/t26?,27?,28-/m0/s1. The molecule has 0 aliphatic carbocycles. The molecule has 54 heavy (non-hydrogen) atoms. The molecule has 2 bridgehead atoms. The molecule has 3 atom stereocenters. The lowest BCUT2D eigenvalue weighted by molar-refractivity contribution is -0.172. The zero-order chi connectivity index (χ0) is 40.3. The van der Waals surface area contributed by atoms with Gasteiger partial charge in [0.2, 0.25) is 11.8 Å². The summed E-state index contributed by atoms with van der Waals surface area (Å²) in [6, 6.07) is -2.94. The Bertz CT molecular complexity index is 1470. The minimum absolute atomic E-state index is 0.0429. The fourth-order valence-electron chi connectivity index (χ4n) is 6.76. The molecule has 0 saturated carbocycles. The number of nitrogens with zero attached hydrogens (tertiary/aromatic N) is 5. The van der Waals surface area contributed by atoms with Gasteiger partial charge in [-0.25, -0.2) is 14.4 Å². The summed E-state index contributed by atoms with van der Waals surface area (Å²) in [6.45, 7) is 19.1. The largest absolute Gasteiger partial charge is 0.444 e. The Balaban J connectivity index is 1.80. The first-order valence-corrected chi connectivity index (χ1v) is 20.9. The Hall–Kier alpha value is -3.22. The molecule has 17 nitrogen and oxygen atoms in total. The van der Waals surface area contributed by atoms with Crippen LogP contribution >= 0.6 is 0 Å².